The fraction of sp³-hybridized carbons (Fsp3) is 0.529. The van der Waals surface area contributed by atoms with Crippen LogP contribution in [0.15, 0.2) is 18.2 Å². The second-order valence-electron chi connectivity index (χ2n) is 6.78. The Hall–Kier alpha value is -1.31. The molecule has 2 atom stereocenters. The summed E-state index contributed by atoms with van der Waals surface area (Å²) in [5.74, 6) is -0.659. The molecule has 2 aliphatic rings. The van der Waals surface area contributed by atoms with E-state index in [0.717, 1.165) is 5.56 Å². The van der Waals surface area contributed by atoms with Crippen molar-refractivity contribution < 1.29 is 18.0 Å². The Bertz CT molecular complexity index is 828. The maximum Gasteiger partial charge on any atom is 0.225 e. The average Bonchev–Trinajstić information content (AvgIpc) is 3.11. The van der Waals surface area contributed by atoms with Crippen molar-refractivity contribution in [3.63, 3.8) is 0 Å². The molecular weight excluding hydrogens is 399 g/mol. The van der Waals surface area contributed by atoms with E-state index in [4.69, 9.17) is 23.2 Å². The molecule has 0 radical (unpaired) electrons. The molecule has 1 aromatic carbocycles. The summed E-state index contributed by atoms with van der Waals surface area (Å²) in [7, 11) is -3.06. The van der Waals surface area contributed by atoms with Gasteiger partial charge in [0.1, 0.15) is 0 Å². The van der Waals surface area contributed by atoms with Crippen LogP contribution < -0.4 is 5.32 Å². The average molecular weight is 419 g/mol. The van der Waals surface area contributed by atoms with E-state index in [2.05, 4.69) is 5.32 Å². The first kappa shape index (κ1) is 19.5. The lowest BCUT2D eigenvalue weighted by Gasteiger charge is -2.22. The number of likely N-dealkylation sites (tertiary alicyclic amines) is 1. The molecule has 9 heteroatoms. The second-order valence-corrected chi connectivity index (χ2v) is 9.85. The molecule has 2 fully saturated rings. The van der Waals surface area contributed by atoms with Crippen molar-refractivity contribution in [3.8, 4) is 0 Å². The standard InChI is InChI=1S/C17H20Cl2N2O4S/c18-13-2-1-11(15(19)8-13)3-5-20-17(23)12-7-16(22)21(9-12)14-4-6-26(24,25)10-14/h1-2,8,12,14H,3-7,9-10H2,(H,20,23). The topological polar surface area (TPSA) is 83.6 Å². The van der Waals surface area contributed by atoms with Crippen LogP contribution in [0.25, 0.3) is 0 Å². The minimum atomic E-state index is -3.06. The van der Waals surface area contributed by atoms with Crippen molar-refractivity contribution in [2.75, 3.05) is 24.6 Å². The summed E-state index contributed by atoms with van der Waals surface area (Å²) in [6, 6.07) is 4.92. The van der Waals surface area contributed by atoms with Crippen molar-refractivity contribution in [2.24, 2.45) is 5.92 Å². The summed E-state index contributed by atoms with van der Waals surface area (Å²) in [5.41, 5.74) is 0.886. The Balaban J connectivity index is 1.50. The van der Waals surface area contributed by atoms with Gasteiger partial charge in [0.25, 0.3) is 0 Å². The molecule has 0 aliphatic carbocycles. The highest BCUT2D eigenvalue weighted by Crippen LogP contribution is 2.26. The Morgan fingerprint density at radius 1 is 1.31 bits per heavy atom. The van der Waals surface area contributed by atoms with Gasteiger partial charge in [0.15, 0.2) is 9.84 Å². The molecule has 0 bridgehead atoms. The summed E-state index contributed by atoms with van der Waals surface area (Å²) in [6.07, 6.45) is 1.15. The van der Waals surface area contributed by atoms with Crippen molar-refractivity contribution >= 4 is 44.9 Å². The maximum atomic E-state index is 12.3. The van der Waals surface area contributed by atoms with Crippen LogP contribution in [-0.2, 0) is 25.8 Å². The second kappa shape index (κ2) is 7.74. The molecule has 1 aromatic rings. The minimum Gasteiger partial charge on any atom is -0.355 e. The van der Waals surface area contributed by atoms with Crippen molar-refractivity contribution in [1.82, 2.24) is 10.2 Å². The number of amides is 2. The zero-order chi connectivity index (χ0) is 18.9. The number of carbonyl (C=O) groups excluding carboxylic acids is 2. The number of sulfone groups is 1. The molecular formula is C17H20Cl2N2O4S. The van der Waals surface area contributed by atoms with Crippen molar-refractivity contribution in [2.45, 2.75) is 25.3 Å². The normalized spacial score (nSPS) is 24.8. The van der Waals surface area contributed by atoms with Gasteiger partial charge in [-0.25, -0.2) is 8.42 Å². The number of nitrogens with zero attached hydrogens (tertiary/aromatic N) is 1. The molecule has 2 saturated heterocycles. The van der Waals surface area contributed by atoms with E-state index in [9.17, 15) is 18.0 Å². The predicted octanol–water partition coefficient (Wildman–Crippen LogP) is 1.69. The van der Waals surface area contributed by atoms with Crippen LogP contribution in [0.1, 0.15) is 18.4 Å². The van der Waals surface area contributed by atoms with Gasteiger partial charge < -0.3 is 10.2 Å². The molecule has 2 aliphatic heterocycles. The van der Waals surface area contributed by atoms with Gasteiger partial charge in [0.05, 0.1) is 17.4 Å². The Morgan fingerprint density at radius 3 is 2.73 bits per heavy atom. The van der Waals surface area contributed by atoms with E-state index in [1.165, 1.54) is 0 Å². The van der Waals surface area contributed by atoms with E-state index >= 15 is 0 Å². The fourth-order valence-corrected chi connectivity index (χ4v) is 5.70. The van der Waals surface area contributed by atoms with Gasteiger partial charge in [-0.2, -0.15) is 0 Å². The lowest BCUT2D eigenvalue weighted by Crippen LogP contribution is -2.39. The number of halogens is 2. The van der Waals surface area contributed by atoms with Gasteiger partial charge >= 0.3 is 0 Å². The van der Waals surface area contributed by atoms with Crippen molar-refractivity contribution in [3.05, 3.63) is 33.8 Å². The molecule has 6 nitrogen and oxygen atoms in total. The van der Waals surface area contributed by atoms with E-state index < -0.39 is 15.8 Å². The van der Waals surface area contributed by atoms with E-state index in [-0.39, 0.29) is 42.3 Å². The molecule has 2 heterocycles. The molecule has 142 valence electrons. The quantitative estimate of drug-likeness (QED) is 0.788. The third-order valence-corrected chi connectivity index (χ3v) is 7.22. The molecule has 2 unspecified atom stereocenters. The van der Waals surface area contributed by atoms with Gasteiger partial charge in [0.2, 0.25) is 11.8 Å². The first-order valence-corrected chi connectivity index (χ1v) is 11.0. The van der Waals surface area contributed by atoms with Gasteiger partial charge in [-0.15, -0.1) is 0 Å². The monoisotopic (exact) mass is 418 g/mol. The number of hydrogen-bond acceptors (Lipinski definition) is 4. The number of carbonyl (C=O) groups is 2. The summed E-state index contributed by atoms with van der Waals surface area (Å²) in [4.78, 5) is 26.1. The predicted molar refractivity (Wildman–Crippen MR) is 100 cm³/mol. The van der Waals surface area contributed by atoms with E-state index in [1.54, 1.807) is 17.0 Å². The lowest BCUT2D eigenvalue weighted by molar-refractivity contribution is -0.130. The molecule has 1 N–H and O–H groups in total. The van der Waals surface area contributed by atoms with Crippen molar-refractivity contribution in [1.29, 1.82) is 0 Å². The van der Waals surface area contributed by atoms with Gasteiger partial charge in [-0.05, 0) is 30.5 Å². The summed E-state index contributed by atoms with van der Waals surface area (Å²) < 4.78 is 23.2. The van der Waals surface area contributed by atoms with Crippen LogP contribution in [0.2, 0.25) is 10.0 Å². The molecule has 26 heavy (non-hydrogen) atoms. The Labute approximate surface area is 162 Å². The fourth-order valence-electron chi connectivity index (χ4n) is 3.47. The highest BCUT2D eigenvalue weighted by molar-refractivity contribution is 7.91. The molecule has 0 saturated carbocycles. The number of hydrogen-bond donors (Lipinski definition) is 1. The number of nitrogens with one attached hydrogen (secondary N) is 1. The largest absolute Gasteiger partial charge is 0.355 e. The minimum absolute atomic E-state index is 0.00213. The Kier molecular flexibility index (Phi) is 5.79. The summed E-state index contributed by atoms with van der Waals surface area (Å²) >= 11 is 12.0. The molecule has 0 aromatic heterocycles. The van der Waals surface area contributed by atoms with Crippen LogP contribution in [0.4, 0.5) is 0 Å². The van der Waals surface area contributed by atoms with E-state index in [1.807, 2.05) is 6.07 Å². The SMILES string of the molecule is O=C(NCCc1ccc(Cl)cc1Cl)C1CC(=O)N(C2CCS(=O)(=O)C2)C1. The third kappa shape index (κ3) is 4.50. The Morgan fingerprint density at radius 2 is 2.08 bits per heavy atom. The number of benzene rings is 1. The number of rotatable bonds is 5. The zero-order valence-electron chi connectivity index (χ0n) is 14.1. The molecule has 2 amide bonds. The smallest absolute Gasteiger partial charge is 0.225 e. The van der Waals surface area contributed by atoms with Crippen LogP contribution in [-0.4, -0.2) is 55.8 Å². The maximum absolute atomic E-state index is 12.3. The zero-order valence-corrected chi connectivity index (χ0v) is 16.4. The lowest BCUT2D eigenvalue weighted by atomic mass is 10.1. The summed E-state index contributed by atoms with van der Waals surface area (Å²) in [5, 5.41) is 3.94. The molecule has 0 spiro atoms. The van der Waals surface area contributed by atoms with E-state index in [0.29, 0.717) is 29.4 Å². The van der Waals surface area contributed by atoms with Gasteiger partial charge in [0, 0.05) is 35.6 Å². The van der Waals surface area contributed by atoms with Crippen LogP contribution in [0.3, 0.4) is 0 Å². The first-order valence-electron chi connectivity index (χ1n) is 8.47. The summed E-state index contributed by atoms with van der Waals surface area (Å²) in [6.45, 7) is 0.690. The molecule has 3 rings (SSSR count). The third-order valence-electron chi connectivity index (χ3n) is 4.89. The first-order chi connectivity index (χ1) is 12.2. The van der Waals surface area contributed by atoms with Crippen LogP contribution >= 0.6 is 23.2 Å². The van der Waals surface area contributed by atoms with Gasteiger partial charge in [-0.1, -0.05) is 29.3 Å². The highest BCUT2D eigenvalue weighted by Gasteiger charge is 2.41. The van der Waals surface area contributed by atoms with Crippen LogP contribution in [0, 0.1) is 5.92 Å². The van der Waals surface area contributed by atoms with Gasteiger partial charge in [-0.3, -0.25) is 9.59 Å². The van der Waals surface area contributed by atoms with Crippen LogP contribution in [0.5, 0.6) is 0 Å². The highest BCUT2D eigenvalue weighted by atomic mass is 35.5.